The van der Waals surface area contributed by atoms with Crippen molar-refractivity contribution in [2.75, 3.05) is 0 Å². The van der Waals surface area contributed by atoms with E-state index in [1.165, 1.54) is 16.0 Å². The fraction of sp³-hybridized carbons (Fsp3) is 0.294. The molecule has 0 bridgehead atoms. The van der Waals surface area contributed by atoms with E-state index >= 15 is 0 Å². The van der Waals surface area contributed by atoms with Gasteiger partial charge in [-0.3, -0.25) is 0 Å². The minimum Gasteiger partial charge on any atom is -0.389 e. The molecule has 2 aromatic carbocycles. The fourth-order valence-corrected chi connectivity index (χ4v) is 2.82. The maximum absolute atomic E-state index is 9.58. The average molecular weight is 272 g/mol. The molecule has 0 aliphatic carbocycles. The number of rotatable bonds is 5. The van der Waals surface area contributed by atoms with Crippen LogP contribution in [-0.2, 0) is 12.2 Å². The highest BCUT2D eigenvalue weighted by molar-refractivity contribution is 7.98. The Balaban J connectivity index is 1.99. The first-order chi connectivity index (χ1) is 9.19. The SMILES string of the molecule is CCc1ccc(CSc2cccc(C(C)O)c2)cc1. The molecule has 0 saturated carbocycles. The van der Waals surface area contributed by atoms with Gasteiger partial charge in [0, 0.05) is 10.6 Å². The van der Waals surface area contributed by atoms with Crippen LogP contribution in [0.15, 0.2) is 53.4 Å². The van der Waals surface area contributed by atoms with Gasteiger partial charge in [-0.15, -0.1) is 11.8 Å². The van der Waals surface area contributed by atoms with E-state index in [-0.39, 0.29) is 0 Å². The second-order valence-corrected chi connectivity index (χ2v) is 5.76. The summed E-state index contributed by atoms with van der Waals surface area (Å²) in [5.74, 6) is 0.966. The third-order valence-electron chi connectivity index (χ3n) is 3.18. The summed E-state index contributed by atoms with van der Waals surface area (Å²) in [7, 11) is 0. The summed E-state index contributed by atoms with van der Waals surface area (Å²) in [6.07, 6.45) is 0.688. The van der Waals surface area contributed by atoms with Crippen LogP contribution in [0.1, 0.15) is 36.6 Å². The molecule has 0 radical (unpaired) electrons. The zero-order chi connectivity index (χ0) is 13.7. The average Bonchev–Trinajstić information content (AvgIpc) is 2.46. The number of thioether (sulfide) groups is 1. The van der Waals surface area contributed by atoms with Gasteiger partial charge in [0.2, 0.25) is 0 Å². The molecular formula is C17H20OS. The van der Waals surface area contributed by atoms with Crippen molar-refractivity contribution in [2.45, 2.75) is 37.0 Å². The van der Waals surface area contributed by atoms with E-state index in [9.17, 15) is 5.11 Å². The normalized spacial score (nSPS) is 12.4. The van der Waals surface area contributed by atoms with E-state index in [2.05, 4.69) is 43.3 Å². The van der Waals surface area contributed by atoms with Crippen LogP contribution >= 0.6 is 11.8 Å². The molecule has 0 aromatic heterocycles. The standard InChI is InChI=1S/C17H20OS/c1-3-14-7-9-15(10-8-14)12-19-17-6-4-5-16(11-17)13(2)18/h4-11,13,18H,3,12H2,1-2H3. The molecular weight excluding hydrogens is 252 g/mol. The Morgan fingerprint density at radius 3 is 2.37 bits per heavy atom. The van der Waals surface area contributed by atoms with Crippen molar-refractivity contribution in [3.63, 3.8) is 0 Å². The molecule has 0 heterocycles. The summed E-state index contributed by atoms with van der Waals surface area (Å²) in [5, 5.41) is 9.58. The molecule has 2 aromatic rings. The Kier molecular flexibility index (Phi) is 5.06. The van der Waals surface area contributed by atoms with E-state index in [0.717, 1.165) is 17.7 Å². The van der Waals surface area contributed by atoms with Gasteiger partial charge < -0.3 is 5.11 Å². The Bertz CT molecular complexity index is 517. The highest BCUT2D eigenvalue weighted by Gasteiger charge is 2.02. The highest BCUT2D eigenvalue weighted by Crippen LogP contribution is 2.25. The summed E-state index contributed by atoms with van der Waals surface area (Å²) in [5.41, 5.74) is 3.70. The second kappa shape index (κ2) is 6.78. The third-order valence-corrected chi connectivity index (χ3v) is 4.24. The molecule has 2 rings (SSSR count). The molecule has 0 fully saturated rings. The molecule has 1 nitrogen and oxygen atoms in total. The van der Waals surface area contributed by atoms with Crippen molar-refractivity contribution in [3.05, 3.63) is 65.2 Å². The van der Waals surface area contributed by atoms with Gasteiger partial charge in [0.1, 0.15) is 0 Å². The molecule has 2 heteroatoms. The van der Waals surface area contributed by atoms with E-state index in [1.54, 1.807) is 6.92 Å². The van der Waals surface area contributed by atoms with Crippen LogP contribution < -0.4 is 0 Å². The van der Waals surface area contributed by atoms with E-state index in [1.807, 2.05) is 23.9 Å². The quantitative estimate of drug-likeness (QED) is 0.803. The summed E-state index contributed by atoms with van der Waals surface area (Å²) in [6, 6.07) is 16.9. The predicted molar refractivity (Wildman–Crippen MR) is 82.5 cm³/mol. The Labute approximate surface area is 119 Å². The zero-order valence-corrected chi connectivity index (χ0v) is 12.3. The summed E-state index contributed by atoms with van der Waals surface area (Å²) >= 11 is 1.81. The molecule has 0 aliphatic heterocycles. The monoisotopic (exact) mass is 272 g/mol. The Morgan fingerprint density at radius 1 is 1.05 bits per heavy atom. The van der Waals surface area contributed by atoms with Crippen molar-refractivity contribution < 1.29 is 5.11 Å². The lowest BCUT2D eigenvalue weighted by Gasteiger charge is -2.07. The van der Waals surface area contributed by atoms with E-state index in [0.29, 0.717) is 0 Å². The number of benzene rings is 2. The molecule has 100 valence electrons. The lowest BCUT2D eigenvalue weighted by atomic mass is 10.1. The van der Waals surface area contributed by atoms with Gasteiger partial charge in [-0.25, -0.2) is 0 Å². The van der Waals surface area contributed by atoms with Crippen LogP contribution in [0.4, 0.5) is 0 Å². The van der Waals surface area contributed by atoms with Crippen molar-refractivity contribution >= 4 is 11.8 Å². The molecule has 1 atom stereocenters. The largest absolute Gasteiger partial charge is 0.389 e. The van der Waals surface area contributed by atoms with Gasteiger partial charge in [-0.05, 0) is 42.2 Å². The van der Waals surface area contributed by atoms with Gasteiger partial charge in [-0.1, -0.05) is 43.3 Å². The van der Waals surface area contributed by atoms with Crippen LogP contribution in [0, 0.1) is 0 Å². The van der Waals surface area contributed by atoms with E-state index in [4.69, 9.17) is 0 Å². The first-order valence-electron chi connectivity index (χ1n) is 6.67. The third kappa shape index (κ3) is 4.12. The molecule has 0 amide bonds. The molecule has 1 N–H and O–H groups in total. The summed E-state index contributed by atoms with van der Waals surface area (Å²) in [6.45, 7) is 3.97. The van der Waals surface area contributed by atoms with Crippen molar-refractivity contribution in [3.8, 4) is 0 Å². The first kappa shape index (κ1) is 14.2. The van der Waals surface area contributed by atoms with Gasteiger partial charge in [0.25, 0.3) is 0 Å². The zero-order valence-electron chi connectivity index (χ0n) is 11.5. The van der Waals surface area contributed by atoms with Crippen molar-refractivity contribution in [1.82, 2.24) is 0 Å². The van der Waals surface area contributed by atoms with Crippen LogP contribution in [0.3, 0.4) is 0 Å². The second-order valence-electron chi connectivity index (χ2n) is 4.71. The first-order valence-corrected chi connectivity index (χ1v) is 7.66. The molecule has 0 aliphatic rings. The number of hydrogen-bond donors (Lipinski definition) is 1. The Morgan fingerprint density at radius 2 is 1.74 bits per heavy atom. The Hall–Kier alpha value is -1.25. The van der Waals surface area contributed by atoms with Gasteiger partial charge >= 0.3 is 0 Å². The molecule has 19 heavy (non-hydrogen) atoms. The number of aliphatic hydroxyl groups is 1. The molecule has 1 unspecified atom stereocenters. The van der Waals surface area contributed by atoms with Crippen molar-refractivity contribution in [2.24, 2.45) is 0 Å². The maximum atomic E-state index is 9.58. The van der Waals surface area contributed by atoms with Crippen LogP contribution in [0.5, 0.6) is 0 Å². The van der Waals surface area contributed by atoms with Crippen LogP contribution in [0.2, 0.25) is 0 Å². The van der Waals surface area contributed by atoms with Gasteiger partial charge in [0.05, 0.1) is 6.10 Å². The maximum Gasteiger partial charge on any atom is 0.0762 e. The van der Waals surface area contributed by atoms with Crippen molar-refractivity contribution in [1.29, 1.82) is 0 Å². The lowest BCUT2D eigenvalue weighted by molar-refractivity contribution is 0.199. The summed E-state index contributed by atoms with van der Waals surface area (Å²) < 4.78 is 0. The van der Waals surface area contributed by atoms with E-state index < -0.39 is 6.10 Å². The number of aryl methyl sites for hydroxylation is 1. The predicted octanol–water partition coefficient (Wildman–Crippen LogP) is 4.59. The summed E-state index contributed by atoms with van der Waals surface area (Å²) in [4.78, 5) is 1.21. The lowest BCUT2D eigenvalue weighted by Crippen LogP contribution is -1.90. The smallest absolute Gasteiger partial charge is 0.0762 e. The highest BCUT2D eigenvalue weighted by atomic mass is 32.2. The van der Waals surface area contributed by atoms with Gasteiger partial charge in [-0.2, -0.15) is 0 Å². The molecule has 0 spiro atoms. The fourth-order valence-electron chi connectivity index (χ4n) is 1.90. The van der Waals surface area contributed by atoms with Crippen LogP contribution in [0.25, 0.3) is 0 Å². The molecule has 0 saturated heterocycles. The minimum absolute atomic E-state index is 0.399. The van der Waals surface area contributed by atoms with Crippen LogP contribution in [-0.4, -0.2) is 5.11 Å². The number of aliphatic hydroxyl groups excluding tert-OH is 1. The number of hydrogen-bond acceptors (Lipinski definition) is 2. The minimum atomic E-state index is -0.399. The van der Waals surface area contributed by atoms with Gasteiger partial charge in [0.15, 0.2) is 0 Å². The topological polar surface area (TPSA) is 20.2 Å².